The molecule has 1 aliphatic heterocycles. The first-order valence-corrected chi connectivity index (χ1v) is 7.95. The van der Waals surface area contributed by atoms with Gasteiger partial charge in [-0.05, 0) is 32.0 Å². The van der Waals surface area contributed by atoms with Crippen molar-refractivity contribution in [3.63, 3.8) is 0 Å². The Morgan fingerprint density at radius 1 is 1.12 bits per heavy atom. The van der Waals surface area contributed by atoms with Crippen LogP contribution in [0.25, 0.3) is 10.9 Å². The molecule has 1 aromatic heterocycles. The van der Waals surface area contributed by atoms with Crippen LogP contribution in [0.3, 0.4) is 0 Å². The Kier molecular flexibility index (Phi) is 3.29. The molecule has 0 saturated carbocycles. The molecule has 0 radical (unpaired) electrons. The van der Waals surface area contributed by atoms with E-state index in [1.165, 1.54) is 6.07 Å². The van der Waals surface area contributed by atoms with Crippen LogP contribution < -0.4 is 4.90 Å². The van der Waals surface area contributed by atoms with Crippen molar-refractivity contribution in [2.45, 2.75) is 19.5 Å². The van der Waals surface area contributed by atoms with Gasteiger partial charge in [0.05, 0.1) is 11.4 Å². The van der Waals surface area contributed by atoms with E-state index in [0.29, 0.717) is 5.52 Å². The van der Waals surface area contributed by atoms with Gasteiger partial charge >= 0.3 is 0 Å². The van der Waals surface area contributed by atoms with E-state index in [1.54, 1.807) is 17.2 Å². The van der Waals surface area contributed by atoms with E-state index in [2.05, 4.69) is 11.2 Å². The zero-order valence-electron chi connectivity index (χ0n) is 13.9. The predicted octanol–water partition coefficient (Wildman–Crippen LogP) is 4.25. The van der Waals surface area contributed by atoms with Gasteiger partial charge in [0, 0.05) is 22.7 Å². The lowest BCUT2D eigenvalue weighted by Gasteiger charge is -2.37. The van der Waals surface area contributed by atoms with Crippen molar-refractivity contribution in [2.75, 3.05) is 4.90 Å². The van der Waals surface area contributed by atoms with Crippen molar-refractivity contribution in [3.05, 3.63) is 71.7 Å². The molecule has 0 aliphatic carbocycles. The third-order valence-electron chi connectivity index (χ3n) is 4.37. The van der Waals surface area contributed by atoms with E-state index in [-0.39, 0.29) is 5.82 Å². The monoisotopic (exact) mass is 330 g/mol. The predicted molar refractivity (Wildman–Crippen MR) is 96.0 cm³/mol. The maximum Gasteiger partial charge on any atom is 0.186 e. The number of anilines is 1. The average molecular weight is 330 g/mol. The molecule has 2 aromatic carbocycles. The second-order valence-electron chi connectivity index (χ2n) is 6.44. The highest BCUT2D eigenvalue weighted by molar-refractivity contribution is 6.18. The quantitative estimate of drug-likeness (QED) is 0.627. The van der Waals surface area contributed by atoms with Crippen molar-refractivity contribution in [3.8, 4) is 6.19 Å². The van der Waals surface area contributed by atoms with Crippen LogP contribution in [0.5, 0.6) is 0 Å². The fourth-order valence-corrected chi connectivity index (χ4v) is 3.20. The minimum absolute atomic E-state index is 0.342. The summed E-state index contributed by atoms with van der Waals surface area (Å²) >= 11 is 0. The summed E-state index contributed by atoms with van der Waals surface area (Å²) in [7, 11) is 0. The van der Waals surface area contributed by atoms with E-state index in [0.717, 1.165) is 27.9 Å². The van der Waals surface area contributed by atoms with Crippen LogP contribution in [-0.4, -0.2) is 16.4 Å². The first-order valence-electron chi connectivity index (χ1n) is 7.95. The van der Waals surface area contributed by atoms with Crippen LogP contribution in [0.4, 0.5) is 10.1 Å². The van der Waals surface area contributed by atoms with Crippen LogP contribution in [0, 0.1) is 17.3 Å². The SMILES string of the molecule is CC1(C)N=C(c2cnc3c(F)cccc3c2)c2ccccc2N1C#N. The van der Waals surface area contributed by atoms with E-state index in [9.17, 15) is 9.65 Å². The Balaban J connectivity index is 1.96. The number of halogens is 1. The summed E-state index contributed by atoms with van der Waals surface area (Å²) in [6, 6.07) is 14.4. The fourth-order valence-electron chi connectivity index (χ4n) is 3.20. The van der Waals surface area contributed by atoms with Crippen LogP contribution in [-0.2, 0) is 0 Å². The molecule has 25 heavy (non-hydrogen) atoms. The number of hydrogen-bond acceptors (Lipinski definition) is 4. The van der Waals surface area contributed by atoms with Gasteiger partial charge in [-0.25, -0.2) is 4.39 Å². The smallest absolute Gasteiger partial charge is 0.186 e. The number of pyridine rings is 1. The summed E-state index contributed by atoms with van der Waals surface area (Å²) in [6.45, 7) is 3.78. The third kappa shape index (κ3) is 2.34. The maximum atomic E-state index is 13.9. The van der Waals surface area contributed by atoms with Crippen LogP contribution in [0.15, 0.2) is 59.7 Å². The van der Waals surface area contributed by atoms with Crippen LogP contribution >= 0.6 is 0 Å². The second kappa shape index (κ2) is 5.38. The summed E-state index contributed by atoms with van der Waals surface area (Å²) in [4.78, 5) is 10.7. The topological polar surface area (TPSA) is 52.3 Å². The van der Waals surface area contributed by atoms with Gasteiger partial charge in [-0.2, -0.15) is 5.26 Å². The highest BCUT2D eigenvalue weighted by Crippen LogP contribution is 2.35. The molecule has 2 heterocycles. The number of hydrogen-bond donors (Lipinski definition) is 0. The minimum atomic E-state index is -0.713. The lowest BCUT2D eigenvalue weighted by molar-refractivity contribution is 0.529. The average Bonchev–Trinajstić information content (AvgIpc) is 2.60. The largest absolute Gasteiger partial charge is 0.255 e. The fraction of sp³-hybridized carbons (Fsp3) is 0.150. The van der Waals surface area contributed by atoms with Crippen molar-refractivity contribution in [1.29, 1.82) is 5.26 Å². The molecule has 4 rings (SSSR count). The van der Waals surface area contributed by atoms with Crippen molar-refractivity contribution < 1.29 is 4.39 Å². The zero-order valence-corrected chi connectivity index (χ0v) is 13.9. The van der Waals surface area contributed by atoms with Gasteiger partial charge in [0.25, 0.3) is 0 Å². The molecule has 0 unspecified atom stereocenters. The Labute approximate surface area is 144 Å². The summed E-state index contributed by atoms with van der Waals surface area (Å²) in [6.07, 6.45) is 3.86. The first-order chi connectivity index (χ1) is 12.0. The van der Waals surface area contributed by atoms with Gasteiger partial charge in [-0.15, -0.1) is 0 Å². The molecular formula is C20H15FN4. The van der Waals surface area contributed by atoms with Crippen LogP contribution in [0.1, 0.15) is 25.0 Å². The second-order valence-corrected chi connectivity index (χ2v) is 6.44. The highest BCUT2D eigenvalue weighted by atomic mass is 19.1. The van der Waals surface area contributed by atoms with Gasteiger partial charge < -0.3 is 0 Å². The number of para-hydroxylation sites is 2. The van der Waals surface area contributed by atoms with E-state index < -0.39 is 5.66 Å². The molecule has 0 bridgehead atoms. The minimum Gasteiger partial charge on any atom is -0.255 e. The molecule has 0 fully saturated rings. The van der Waals surface area contributed by atoms with E-state index in [4.69, 9.17) is 4.99 Å². The summed E-state index contributed by atoms with van der Waals surface area (Å²) in [5.41, 5.74) is 2.85. The highest BCUT2D eigenvalue weighted by Gasteiger charge is 2.34. The van der Waals surface area contributed by atoms with Crippen molar-refractivity contribution in [1.82, 2.24) is 4.98 Å². The van der Waals surface area contributed by atoms with Gasteiger partial charge in [0.2, 0.25) is 0 Å². The normalized spacial score (nSPS) is 15.4. The van der Waals surface area contributed by atoms with Crippen molar-refractivity contribution in [2.24, 2.45) is 4.99 Å². The maximum absolute atomic E-state index is 13.9. The summed E-state index contributed by atoms with van der Waals surface area (Å²) in [5.74, 6) is -0.342. The lowest BCUT2D eigenvalue weighted by Crippen LogP contribution is -2.43. The summed E-state index contributed by atoms with van der Waals surface area (Å²) in [5, 5.41) is 10.3. The Morgan fingerprint density at radius 3 is 2.72 bits per heavy atom. The van der Waals surface area contributed by atoms with Crippen molar-refractivity contribution >= 4 is 22.3 Å². The van der Waals surface area contributed by atoms with Gasteiger partial charge in [-0.3, -0.25) is 14.9 Å². The molecule has 3 aromatic rings. The number of nitrogens with zero attached hydrogens (tertiary/aromatic N) is 4. The number of benzene rings is 2. The van der Waals surface area contributed by atoms with E-state index in [1.807, 2.05) is 50.2 Å². The molecule has 1 aliphatic rings. The van der Waals surface area contributed by atoms with E-state index >= 15 is 0 Å². The Hall–Kier alpha value is -3.26. The molecule has 0 amide bonds. The number of fused-ring (bicyclic) bond motifs is 2. The molecule has 5 heteroatoms. The number of aliphatic imine (C=N–C) groups is 1. The molecular weight excluding hydrogens is 315 g/mol. The number of rotatable bonds is 1. The molecule has 0 spiro atoms. The Morgan fingerprint density at radius 2 is 1.92 bits per heavy atom. The molecule has 0 atom stereocenters. The number of aromatic nitrogens is 1. The molecule has 4 nitrogen and oxygen atoms in total. The number of nitriles is 1. The van der Waals surface area contributed by atoms with Gasteiger partial charge in [0.15, 0.2) is 6.19 Å². The van der Waals surface area contributed by atoms with Crippen LogP contribution in [0.2, 0.25) is 0 Å². The van der Waals surface area contributed by atoms with Gasteiger partial charge in [-0.1, -0.05) is 30.3 Å². The molecule has 122 valence electrons. The molecule has 0 N–H and O–H groups in total. The standard InChI is InChI=1S/C20H15FN4/c1-20(2)24-18(15-7-3-4-9-17(15)25(20)12-22)14-10-13-6-5-8-16(21)19(13)23-11-14/h3-11H,1-2H3. The third-order valence-corrected chi connectivity index (χ3v) is 4.37. The lowest BCUT2D eigenvalue weighted by atomic mass is 9.95. The Bertz CT molecular complexity index is 1060. The first kappa shape index (κ1) is 15.3. The molecule has 0 saturated heterocycles. The summed E-state index contributed by atoms with van der Waals surface area (Å²) < 4.78 is 13.9. The van der Waals surface area contributed by atoms with Gasteiger partial charge in [0.1, 0.15) is 17.0 Å². The zero-order chi connectivity index (χ0) is 17.6.